The second-order valence-electron chi connectivity index (χ2n) is 3.48. The molecule has 0 bridgehead atoms. The first-order chi connectivity index (χ1) is 6.79. The molecule has 0 saturated carbocycles. The van der Waals surface area contributed by atoms with Gasteiger partial charge in [-0.1, -0.05) is 19.1 Å². The number of hydrogen-bond acceptors (Lipinski definition) is 1. The van der Waals surface area contributed by atoms with Crippen molar-refractivity contribution in [3.05, 3.63) is 47.8 Å². The number of benzene rings is 1. The van der Waals surface area contributed by atoms with E-state index in [9.17, 15) is 0 Å². The van der Waals surface area contributed by atoms with Gasteiger partial charge in [-0.05, 0) is 36.6 Å². The number of aryl methyl sites for hydroxylation is 2. The molecule has 0 radical (unpaired) electrons. The Morgan fingerprint density at radius 2 is 1.93 bits per heavy atom. The Kier molecular flexibility index (Phi) is 2.35. The average Bonchev–Trinajstić information content (AvgIpc) is 2.65. The van der Waals surface area contributed by atoms with Gasteiger partial charge in [-0.25, -0.2) is 4.68 Å². The van der Waals surface area contributed by atoms with E-state index in [0.717, 1.165) is 12.1 Å². The van der Waals surface area contributed by atoms with Gasteiger partial charge in [-0.15, -0.1) is 0 Å². The minimum absolute atomic E-state index is 1.08. The van der Waals surface area contributed by atoms with Crippen LogP contribution in [0, 0.1) is 6.92 Å². The van der Waals surface area contributed by atoms with Gasteiger partial charge in [0, 0.05) is 6.20 Å². The molecule has 2 aromatic rings. The van der Waals surface area contributed by atoms with Crippen molar-refractivity contribution in [3.8, 4) is 5.69 Å². The highest BCUT2D eigenvalue weighted by molar-refractivity contribution is 5.34. The van der Waals surface area contributed by atoms with Gasteiger partial charge in [0.15, 0.2) is 0 Å². The van der Waals surface area contributed by atoms with Gasteiger partial charge < -0.3 is 0 Å². The van der Waals surface area contributed by atoms with Crippen molar-refractivity contribution in [3.63, 3.8) is 0 Å². The van der Waals surface area contributed by atoms with E-state index >= 15 is 0 Å². The summed E-state index contributed by atoms with van der Waals surface area (Å²) < 4.78 is 1.90. The van der Waals surface area contributed by atoms with Crippen LogP contribution >= 0.6 is 0 Å². The van der Waals surface area contributed by atoms with E-state index in [-0.39, 0.29) is 0 Å². The molecule has 2 rings (SSSR count). The number of hydrogen-bond donors (Lipinski definition) is 0. The highest BCUT2D eigenvalue weighted by Crippen LogP contribution is 2.09. The smallest absolute Gasteiger partial charge is 0.0645 e. The van der Waals surface area contributed by atoms with E-state index in [1.165, 1.54) is 11.1 Å². The third-order valence-electron chi connectivity index (χ3n) is 2.32. The fourth-order valence-electron chi connectivity index (χ4n) is 1.44. The molecule has 0 aliphatic carbocycles. The lowest BCUT2D eigenvalue weighted by molar-refractivity contribution is 0.879. The van der Waals surface area contributed by atoms with E-state index in [4.69, 9.17) is 0 Å². The van der Waals surface area contributed by atoms with Crippen LogP contribution < -0.4 is 0 Å². The number of aromatic nitrogens is 2. The van der Waals surface area contributed by atoms with Crippen LogP contribution in [0.1, 0.15) is 18.1 Å². The maximum atomic E-state index is 4.26. The van der Waals surface area contributed by atoms with Crippen LogP contribution in [0.2, 0.25) is 0 Å². The van der Waals surface area contributed by atoms with Gasteiger partial charge in [0.1, 0.15) is 0 Å². The summed E-state index contributed by atoms with van der Waals surface area (Å²) in [4.78, 5) is 0. The molecule has 0 aliphatic heterocycles. The van der Waals surface area contributed by atoms with Crippen molar-refractivity contribution < 1.29 is 0 Å². The van der Waals surface area contributed by atoms with Crippen molar-refractivity contribution in [2.75, 3.05) is 0 Å². The highest BCUT2D eigenvalue weighted by atomic mass is 15.3. The normalized spacial score (nSPS) is 10.4. The van der Waals surface area contributed by atoms with E-state index in [1.807, 2.05) is 24.0 Å². The molecule has 0 aliphatic rings. The molecule has 0 amide bonds. The highest BCUT2D eigenvalue weighted by Gasteiger charge is 1.97. The molecule has 1 aromatic carbocycles. The van der Waals surface area contributed by atoms with E-state index in [2.05, 4.69) is 36.3 Å². The van der Waals surface area contributed by atoms with Gasteiger partial charge in [0.05, 0.1) is 11.9 Å². The zero-order valence-corrected chi connectivity index (χ0v) is 8.57. The van der Waals surface area contributed by atoms with Crippen molar-refractivity contribution >= 4 is 0 Å². The summed E-state index contributed by atoms with van der Waals surface area (Å²) in [6.45, 7) is 4.21. The molecule has 0 saturated heterocycles. The zero-order chi connectivity index (χ0) is 9.97. The lowest BCUT2D eigenvalue weighted by atomic mass is 10.1. The van der Waals surface area contributed by atoms with Crippen LogP contribution in [0.25, 0.3) is 5.69 Å². The molecular formula is C12H14N2. The van der Waals surface area contributed by atoms with Crippen molar-refractivity contribution in [2.45, 2.75) is 20.3 Å². The molecule has 2 heteroatoms. The topological polar surface area (TPSA) is 17.8 Å². The molecule has 0 fully saturated rings. The van der Waals surface area contributed by atoms with Crippen molar-refractivity contribution in [1.82, 2.24) is 9.78 Å². The number of nitrogens with zero attached hydrogens (tertiary/aromatic N) is 2. The second-order valence-corrected chi connectivity index (χ2v) is 3.48. The Hall–Kier alpha value is -1.57. The lowest BCUT2D eigenvalue weighted by Gasteiger charge is -2.01. The predicted molar refractivity (Wildman–Crippen MR) is 57.7 cm³/mol. The minimum atomic E-state index is 1.08. The molecule has 14 heavy (non-hydrogen) atoms. The third-order valence-corrected chi connectivity index (χ3v) is 2.32. The Balaban J connectivity index is 2.33. The quantitative estimate of drug-likeness (QED) is 0.705. The molecular weight excluding hydrogens is 172 g/mol. The average molecular weight is 186 g/mol. The van der Waals surface area contributed by atoms with Crippen LogP contribution in [-0.4, -0.2) is 9.78 Å². The van der Waals surface area contributed by atoms with Gasteiger partial charge in [0.25, 0.3) is 0 Å². The molecule has 0 spiro atoms. The Labute approximate surface area is 84.2 Å². The van der Waals surface area contributed by atoms with Crippen LogP contribution in [0.3, 0.4) is 0 Å². The SMILES string of the molecule is CCc1ccc(-n2cc(C)cn2)cc1. The lowest BCUT2D eigenvalue weighted by Crippen LogP contribution is -1.93. The molecule has 0 N–H and O–H groups in total. The molecule has 72 valence electrons. The largest absolute Gasteiger partial charge is 0.241 e. The fraction of sp³-hybridized carbons (Fsp3) is 0.250. The van der Waals surface area contributed by atoms with E-state index in [1.54, 1.807) is 0 Å². The summed E-state index contributed by atoms with van der Waals surface area (Å²) in [7, 11) is 0. The van der Waals surface area contributed by atoms with Gasteiger partial charge in [-0.3, -0.25) is 0 Å². The van der Waals surface area contributed by atoms with Crippen LogP contribution in [0.5, 0.6) is 0 Å². The van der Waals surface area contributed by atoms with Crippen LogP contribution in [0.4, 0.5) is 0 Å². The Morgan fingerprint density at radius 1 is 1.21 bits per heavy atom. The number of rotatable bonds is 2. The van der Waals surface area contributed by atoms with Crippen LogP contribution in [0.15, 0.2) is 36.7 Å². The second kappa shape index (κ2) is 3.66. The molecule has 0 unspecified atom stereocenters. The van der Waals surface area contributed by atoms with E-state index in [0.29, 0.717) is 0 Å². The first-order valence-electron chi connectivity index (χ1n) is 4.90. The summed E-state index contributed by atoms with van der Waals surface area (Å²) in [6.07, 6.45) is 4.98. The summed E-state index contributed by atoms with van der Waals surface area (Å²) in [5.41, 5.74) is 3.66. The minimum Gasteiger partial charge on any atom is -0.241 e. The van der Waals surface area contributed by atoms with E-state index < -0.39 is 0 Å². The Morgan fingerprint density at radius 3 is 2.43 bits per heavy atom. The molecule has 1 aromatic heterocycles. The van der Waals surface area contributed by atoms with Crippen LogP contribution in [-0.2, 0) is 6.42 Å². The summed E-state index contributed by atoms with van der Waals surface area (Å²) in [5.74, 6) is 0. The molecule has 1 heterocycles. The zero-order valence-electron chi connectivity index (χ0n) is 8.57. The third kappa shape index (κ3) is 1.69. The first-order valence-corrected chi connectivity index (χ1v) is 4.90. The van der Waals surface area contributed by atoms with Crippen molar-refractivity contribution in [2.24, 2.45) is 0 Å². The molecule has 2 nitrogen and oxygen atoms in total. The van der Waals surface area contributed by atoms with Crippen molar-refractivity contribution in [1.29, 1.82) is 0 Å². The Bertz CT molecular complexity index is 412. The monoisotopic (exact) mass is 186 g/mol. The maximum Gasteiger partial charge on any atom is 0.0645 e. The van der Waals surface area contributed by atoms with Gasteiger partial charge >= 0.3 is 0 Å². The summed E-state index contributed by atoms with van der Waals surface area (Å²) >= 11 is 0. The van der Waals surface area contributed by atoms with Gasteiger partial charge in [0.2, 0.25) is 0 Å². The summed E-state index contributed by atoms with van der Waals surface area (Å²) in [6, 6.07) is 8.50. The fourth-order valence-corrected chi connectivity index (χ4v) is 1.44. The maximum absolute atomic E-state index is 4.26. The van der Waals surface area contributed by atoms with Gasteiger partial charge in [-0.2, -0.15) is 5.10 Å². The first kappa shape index (κ1) is 9.00. The summed E-state index contributed by atoms with van der Waals surface area (Å²) in [5, 5.41) is 4.26. The standard InChI is InChI=1S/C12H14N2/c1-3-11-4-6-12(7-5-11)14-9-10(2)8-13-14/h4-9H,3H2,1-2H3. The predicted octanol–water partition coefficient (Wildman–Crippen LogP) is 2.74. The molecule has 0 atom stereocenters.